The number of hydrogen-bond donors (Lipinski definition) is 0. The van der Waals surface area contributed by atoms with Crippen LogP contribution in [0, 0.1) is 20.8 Å². The van der Waals surface area contributed by atoms with Crippen molar-refractivity contribution in [2.75, 3.05) is 0 Å². The first-order chi connectivity index (χ1) is 7.56. The van der Waals surface area contributed by atoms with E-state index in [1.165, 1.54) is 0 Å². The molecule has 86 valence electrons. The molecule has 0 spiro atoms. The minimum atomic E-state index is 0.464. The Hall–Kier alpha value is -1.29. The fourth-order valence-electron chi connectivity index (χ4n) is 1.86. The van der Waals surface area contributed by atoms with E-state index in [2.05, 4.69) is 10.1 Å². The number of hydrogen-bond acceptors (Lipinski definition) is 2. The van der Waals surface area contributed by atoms with Gasteiger partial charge >= 0.3 is 0 Å². The maximum Gasteiger partial charge on any atom is 0.140 e. The first kappa shape index (κ1) is 11.2. The van der Waals surface area contributed by atoms with E-state index in [4.69, 9.17) is 11.6 Å². The average Bonchev–Trinajstić information content (AvgIpc) is 2.69. The van der Waals surface area contributed by atoms with Crippen LogP contribution < -0.4 is 0 Å². The maximum atomic E-state index is 5.97. The van der Waals surface area contributed by atoms with Gasteiger partial charge in [-0.3, -0.25) is 9.25 Å². The highest BCUT2D eigenvalue weighted by molar-refractivity contribution is 6.17. The topological polar surface area (TPSA) is 35.6 Å². The van der Waals surface area contributed by atoms with Gasteiger partial charge in [0.25, 0.3) is 0 Å². The highest BCUT2D eigenvalue weighted by Crippen LogP contribution is 2.22. The van der Waals surface area contributed by atoms with E-state index in [1.54, 1.807) is 0 Å². The largest absolute Gasteiger partial charge is 0.287 e. The maximum absolute atomic E-state index is 5.97. The minimum Gasteiger partial charge on any atom is -0.287 e. The Morgan fingerprint density at radius 3 is 2.44 bits per heavy atom. The second-order valence-electron chi connectivity index (χ2n) is 3.93. The molecular weight excluding hydrogens is 224 g/mol. The molecule has 0 aliphatic carbocycles. The summed E-state index contributed by atoms with van der Waals surface area (Å²) in [5.74, 6) is 1.47. The van der Waals surface area contributed by atoms with Crippen LogP contribution in [-0.2, 0) is 12.9 Å². The molecular formula is C11H15ClN4. The van der Waals surface area contributed by atoms with Crippen molar-refractivity contribution in [1.29, 1.82) is 0 Å². The summed E-state index contributed by atoms with van der Waals surface area (Å²) in [6.45, 7) is 6.01. The van der Waals surface area contributed by atoms with E-state index in [-0.39, 0.29) is 0 Å². The lowest BCUT2D eigenvalue weighted by Gasteiger charge is -2.07. The van der Waals surface area contributed by atoms with Gasteiger partial charge in [-0.05, 0) is 20.8 Å². The number of rotatable bonds is 2. The van der Waals surface area contributed by atoms with Crippen molar-refractivity contribution in [3.63, 3.8) is 0 Å². The Morgan fingerprint density at radius 2 is 1.94 bits per heavy atom. The van der Waals surface area contributed by atoms with Crippen molar-refractivity contribution in [1.82, 2.24) is 19.3 Å². The van der Waals surface area contributed by atoms with E-state index in [9.17, 15) is 0 Å². The van der Waals surface area contributed by atoms with E-state index < -0.39 is 0 Å². The Kier molecular flexibility index (Phi) is 2.76. The molecule has 0 N–H and O–H groups in total. The second-order valence-corrected chi connectivity index (χ2v) is 4.20. The van der Waals surface area contributed by atoms with E-state index >= 15 is 0 Å². The van der Waals surface area contributed by atoms with Gasteiger partial charge in [-0.15, -0.1) is 11.6 Å². The molecule has 16 heavy (non-hydrogen) atoms. The lowest BCUT2D eigenvalue weighted by atomic mass is 10.2. The molecule has 2 aromatic heterocycles. The quantitative estimate of drug-likeness (QED) is 0.753. The van der Waals surface area contributed by atoms with Crippen molar-refractivity contribution in [2.45, 2.75) is 26.7 Å². The first-order valence-electron chi connectivity index (χ1n) is 5.15. The molecule has 0 saturated heterocycles. The van der Waals surface area contributed by atoms with Crippen LogP contribution in [-0.4, -0.2) is 19.3 Å². The van der Waals surface area contributed by atoms with Crippen LogP contribution >= 0.6 is 11.6 Å². The van der Waals surface area contributed by atoms with E-state index in [1.807, 2.05) is 43.4 Å². The van der Waals surface area contributed by atoms with Crippen molar-refractivity contribution in [2.24, 2.45) is 7.05 Å². The van der Waals surface area contributed by atoms with Crippen LogP contribution in [0.15, 0.2) is 6.33 Å². The summed E-state index contributed by atoms with van der Waals surface area (Å²) in [7, 11) is 1.92. The van der Waals surface area contributed by atoms with Crippen LogP contribution in [0.1, 0.15) is 22.6 Å². The van der Waals surface area contributed by atoms with Crippen LogP contribution in [0.5, 0.6) is 0 Å². The number of aryl methyl sites for hydroxylation is 3. The SMILES string of the molecule is Cc1nn(C)c(-n2cnc(C)c2C)c1CCl. The van der Waals surface area contributed by atoms with Crippen molar-refractivity contribution < 1.29 is 0 Å². The molecule has 0 atom stereocenters. The number of aromatic nitrogens is 4. The number of halogens is 1. The monoisotopic (exact) mass is 238 g/mol. The number of imidazole rings is 1. The van der Waals surface area contributed by atoms with Crippen molar-refractivity contribution in [3.05, 3.63) is 29.0 Å². The summed E-state index contributed by atoms with van der Waals surface area (Å²) in [5.41, 5.74) is 4.18. The van der Waals surface area contributed by atoms with Gasteiger partial charge in [-0.1, -0.05) is 0 Å². The van der Waals surface area contributed by atoms with Gasteiger partial charge in [0.2, 0.25) is 0 Å². The van der Waals surface area contributed by atoms with Crippen molar-refractivity contribution >= 4 is 11.6 Å². The molecule has 0 aliphatic heterocycles. The van der Waals surface area contributed by atoms with Crippen LogP contribution in [0.2, 0.25) is 0 Å². The summed E-state index contributed by atoms with van der Waals surface area (Å²) in [6, 6.07) is 0. The van der Waals surface area contributed by atoms with E-state index in [0.717, 1.165) is 28.5 Å². The summed E-state index contributed by atoms with van der Waals surface area (Å²) in [4.78, 5) is 4.30. The van der Waals surface area contributed by atoms with Crippen LogP contribution in [0.4, 0.5) is 0 Å². The standard InChI is InChI=1S/C11H15ClN4/c1-7-9(3)16(6-13-7)11-10(5-12)8(2)14-15(11)4/h6H,5H2,1-4H3. The second kappa shape index (κ2) is 3.94. The molecule has 0 aromatic carbocycles. The molecule has 0 saturated carbocycles. The third-order valence-corrected chi connectivity index (χ3v) is 3.19. The summed E-state index contributed by atoms with van der Waals surface area (Å²) >= 11 is 5.97. The zero-order valence-corrected chi connectivity index (χ0v) is 10.7. The molecule has 2 rings (SSSR count). The molecule has 0 amide bonds. The Balaban J connectivity index is 2.68. The lowest BCUT2D eigenvalue weighted by molar-refractivity contribution is 0.716. The average molecular weight is 239 g/mol. The molecule has 0 bridgehead atoms. The predicted molar refractivity (Wildman–Crippen MR) is 64.1 cm³/mol. The fraction of sp³-hybridized carbons (Fsp3) is 0.455. The third-order valence-electron chi connectivity index (χ3n) is 2.93. The zero-order valence-electron chi connectivity index (χ0n) is 9.95. The van der Waals surface area contributed by atoms with Gasteiger partial charge in [-0.25, -0.2) is 4.98 Å². The number of alkyl halides is 1. The smallest absolute Gasteiger partial charge is 0.140 e. The highest BCUT2D eigenvalue weighted by Gasteiger charge is 2.16. The van der Waals surface area contributed by atoms with Gasteiger partial charge in [0.05, 0.1) is 17.3 Å². The van der Waals surface area contributed by atoms with Gasteiger partial charge in [0, 0.05) is 18.3 Å². The van der Waals surface area contributed by atoms with Crippen LogP contribution in [0.3, 0.4) is 0 Å². The third kappa shape index (κ3) is 1.53. The van der Waals surface area contributed by atoms with Gasteiger partial charge in [-0.2, -0.15) is 5.10 Å². The Bertz CT molecular complexity index is 524. The van der Waals surface area contributed by atoms with Crippen molar-refractivity contribution in [3.8, 4) is 5.82 Å². The molecule has 0 radical (unpaired) electrons. The normalized spacial score (nSPS) is 11.1. The predicted octanol–water partition coefficient (Wildman–Crippen LogP) is 2.27. The van der Waals surface area contributed by atoms with E-state index in [0.29, 0.717) is 5.88 Å². The fourth-order valence-corrected chi connectivity index (χ4v) is 2.17. The number of nitrogens with zero attached hydrogens (tertiary/aromatic N) is 4. The van der Waals surface area contributed by atoms with Crippen LogP contribution in [0.25, 0.3) is 5.82 Å². The first-order valence-corrected chi connectivity index (χ1v) is 5.69. The molecule has 5 heteroatoms. The highest BCUT2D eigenvalue weighted by atomic mass is 35.5. The zero-order chi connectivity index (χ0) is 11.9. The Morgan fingerprint density at radius 1 is 1.25 bits per heavy atom. The molecule has 0 aliphatic rings. The summed E-state index contributed by atoms with van der Waals surface area (Å²) in [5, 5.41) is 4.39. The molecule has 0 fully saturated rings. The molecule has 2 aromatic rings. The molecule has 0 unspecified atom stereocenters. The summed E-state index contributed by atoms with van der Waals surface area (Å²) < 4.78 is 3.88. The van der Waals surface area contributed by atoms with Gasteiger partial charge in [0.1, 0.15) is 12.1 Å². The van der Waals surface area contributed by atoms with Gasteiger partial charge in [0.15, 0.2) is 0 Å². The Labute approximate surface area is 99.9 Å². The van der Waals surface area contributed by atoms with Gasteiger partial charge < -0.3 is 0 Å². The lowest BCUT2D eigenvalue weighted by Crippen LogP contribution is -2.05. The molecule has 2 heterocycles. The molecule has 4 nitrogen and oxygen atoms in total. The minimum absolute atomic E-state index is 0.464. The summed E-state index contributed by atoms with van der Waals surface area (Å²) in [6.07, 6.45) is 1.82.